The molecule has 13 heavy (non-hydrogen) atoms. The van der Waals surface area contributed by atoms with Crippen molar-refractivity contribution in [2.45, 2.75) is 33.1 Å². The zero-order valence-electron chi connectivity index (χ0n) is 8.00. The van der Waals surface area contributed by atoms with Gasteiger partial charge < -0.3 is 4.79 Å². The van der Waals surface area contributed by atoms with Crippen LogP contribution in [0.15, 0.2) is 11.6 Å². The molecule has 0 saturated heterocycles. The third-order valence-electron chi connectivity index (χ3n) is 1.63. The van der Waals surface area contributed by atoms with Gasteiger partial charge in [-0.15, -0.1) is 0 Å². The zero-order chi connectivity index (χ0) is 10.3. The summed E-state index contributed by atoms with van der Waals surface area (Å²) in [6.45, 7) is 2.74. The molecule has 0 spiro atoms. The van der Waals surface area contributed by atoms with Crippen molar-refractivity contribution in [3.8, 4) is 0 Å². The number of aldehydes is 1. The smallest absolute Gasteiger partial charge is 0.163 e. The van der Waals surface area contributed by atoms with Crippen molar-refractivity contribution in [3.63, 3.8) is 0 Å². The molecule has 0 amide bonds. The van der Waals surface area contributed by atoms with E-state index in [0.717, 1.165) is 6.29 Å². The van der Waals surface area contributed by atoms with Gasteiger partial charge in [-0.25, -0.2) is 0 Å². The van der Waals surface area contributed by atoms with Gasteiger partial charge in [0, 0.05) is 6.42 Å². The van der Waals surface area contributed by atoms with Crippen LogP contribution in [0, 0.1) is 0 Å². The van der Waals surface area contributed by atoms with E-state index in [1.165, 1.54) is 13.8 Å². The van der Waals surface area contributed by atoms with Crippen LogP contribution in [-0.2, 0) is 14.4 Å². The van der Waals surface area contributed by atoms with Gasteiger partial charge in [-0.3, -0.25) is 9.59 Å². The quantitative estimate of drug-likeness (QED) is 0.205. The lowest BCUT2D eigenvalue weighted by molar-refractivity contribution is -0.119. The number of unbranched alkanes of at least 4 members (excludes halogenated alkanes) is 2. The van der Waals surface area contributed by atoms with Crippen LogP contribution in [0.2, 0.25) is 0 Å². The van der Waals surface area contributed by atoms with Crippen LogP contribution in [0.3, 0.4) is 0 Å². The Morgan fingerprint density at radius 3 is 2.00 bits per heavy atom. The van der Waals surface area contributed by atoms with Gasteiger partial charge >= 0.3 is 0 Å². The Morgan fingerprint density at radius 2 is 1.62 bits per heavy atom. The molecule has 0 rings (SSSR count). The molecule has 0 saturated carbocycles. The van der Waals surface area contributed by atoms with Crippen LogP contribution < -0.4 is 0 Å². The van der Waals surface area contributed by atoms with Crippen molar-refractivity contribution >= 4 is 17.9 Å². The van der Waals surface area contributed by atoms with Gasteiger partial charge in [0.05, 0.1) is 5.57 Å². The molecule has 0 bridgehead atoms. The van der Waals surface area contributed by atoms with Crippen LogP contribution in [0.1, 0.15) is 33.1 Å². The van der Waals surface area contributed by atoms with Gasteiger partial charge in [0.25, 0.3) is 0 Å². The molecule has 0 atom stereocenters. The summed E-state index contributed by atoms with van der Waals surface area (Å²) in [6, 6.07) is 0. The van der Waals surface area contributed by atoms with Gasteiger partial charge in [-0.2, -0.15) is 0 Å². The first-order valence-corrected chi connectivity index (χ1v) is 4.25. The topological polar surface area (TPSA) is 51.2 Å². The highest BCUT2D eigenvalue weighted by molar-refractivity contribution is 6.18. The molecular formula is C10H14O3. The molecule has 0 radical (unpaired) electrons. The van der Waals surface area contributed by atoms with E-state index in [9.17, 15) is 14.4 Å². The lowest BCUT2D eigenvalue weighted by atomic mass is 10.1. The molecule has 3 heteroatoms. The molecule has 0 aliphatic carbocycles. The fraction of sp³-hybridized carbons (Fsp3) is 0.500. The van der Waals surface area contributed by atoms with Gasteiger partial charge in [0.1, 0.15) is 6.29 Å². The lowest BCUT2D eigenvalue weighted by Crippen LogP contribution is -2.05. The number of rotatable bonds is 6. The lowest BCUT2D eigenvalue weighted by Gasteiger charge is -1.96. The Balaban J connectivity index is 4.13. The number of carbonyl (C=O) groups is 3. The van der Waals surface area contributed by atoms with E-state index in [1.807, 2.05) is 0 Å². The second-order valence-electron chi connectivity index (χ2n) is 2.83. The fourth-order valence-corrected chi connectivity index (χ4v) is 0.983. The number of Topliss-reactive ketones (excluding diaryl/α,β-unsaturated/α-hetero) is 2. The maximum atomic E-state index is 10.9. The third kappa shape index (κ3) is 5.06. The third-order valence-corrected chi connectivity index (χ3v) is 1.63. The highest BCUT2D eigenvalue weighted by atomic mass is 16.1. The van der Waals surface area contributed by atoms with Crippen LogP contribution in [0.5, 0.6) is 0 Å². The molecule has 0 heterocycles. The first-order chi connectivity index (χ1) is 6.09. The van der Waals surface area contributed by atoms with Gasteiger partial charge in [-0.05, 0) is 26.7 Å². The standard InChI is InChI=1S/C10H14O3/c1-8(12)10(9(2)13)6-4-3-5-7-11/h6-7H,3-5H2,1-2H3. The van der Waals surface area contributed by atoms with Crippen molar-refractivity contribution in [2.75, 3.05) is 0 Å². The molecule has 0 aromatic rings. The summed E-state index contributed by atoms with van der Waals surface area (Å²) >= 11 is 0. The Labute approximate surface area is 77.8 Å². The Morgan fingerprint density at radius 1 is 1.08 bits per heavy atom. The normalized spacial score (nSPS) is 9.08. The number of allylic oxidation sites excluding steroid dienone is 2. The average Bonchev–Trinajstić information content (AvgIpc) is 2.02. The van der Waals surface area contributed by atoms with Crippen LogP contribution in [-0.4, -0.2) is 17.9 Å². The van der Waals surface area contributed by atoms with Crippen LogP contribution >= 0.6 is 0 Å². The predicted octanol–water partition coefficient (Wildman–Crippen LogP) is 1.46. The predicted molar refractivity (Wildman–Crippen MR) is 49.4 cm³/mol. The maximum Gasteiger partial charge on any atom is 0.163 e. The summed E-state index contributed by atoms with van der Waals surface area (Å²) in [5.74, 6) is -0.419. The Hall–Kier alpha value is -1.25. The van der Waals surface area contributed by atoms with E-state index < -0.39 is 0 Å². The summed E-state index contributed by atoms with van der Waals surface area (Å²) in [7, 11) is 0. The van der Waals surface area contributed by atoms with Crippen molar-refractivity contribution < 1.29 is 14.4 Å². The molecule has 0 aliphatic rings. The first-order valence-electron chi connectivity index (χ1n) is 4.25. The van der Waals surface area contributed by atoms with E-state index >= 15 is 0 Å². The summed E-state index contributed by atoms with van der Waals surface area (Å²) in [4.78, 5) is 31.7. The molecule has 0 aromatic carbocycles. The van der Waals surface area contributed by atoms with E-state index in [0.29, 0.717) is 19.3 Å². The van der Waals surface area contributed by atoms with Gasteiger partial charge in [-0.1, -0.05) is 6.08 Å². The maximum absolute atomic E-state index is 10.9. The number of hydrogen-bond acceptors (Lipinski definition) is 3. The molecule has 0 fully saturated rings. The summed E-state index contributed by atoms with van der Waals surface area (Å²) in [5, 5.41) is 0. The highest BCUT2D eigenvalue weighted by Gasteiger charge is 2.07. The summed E-state index contributed by atoms with van der Waals surface area (Å²) in [5.41, 5.74) is 0.242. The van der Waals surface area contributed by atoms with E-state index in [-0.39, 0.29) is 17.1 Å². The average molecular weight is 182 g/mol. The SMILES string of the molecule is CC(=O)C(=CCCCC=O)C(C)=O. The summed E-state index contributed by atoms with van der Waals surface area (Å²) in [6.07, 6.45) is 4.20. The summed E-state index contributed by atoms with van der Waals surface area (Å²) < 4.78 is 0. The van der Waals surface area contributed by atoms with Gasteiger partial charge in [0.2, 0.25) is 0 Å². The zero-order valence-corrected chi connectivity index (χ0v) is 8.00. The largest absolute Gasteiger partial charge is 0.303 e. The molecule has 0 aliphatic heterocycles. The minimum absolute atomic E-state index is 0.210. The van der Waals surface area contributed by atoms with E-state index in [2.05, 4.69) is 0 Å². The van der Waals surface area contributed by atoms with Gasteiger partial charge in [0.15, 0.2) is 11.6 Å². The molecular weight excluding hydrogens is 168 g/mol. The fourth-order valence-electron chi connectivity index (χ4n) is 0.983. The van der Waals surface area contributed by atoms with Crippen molar-refractivity contribution in [3.05, 3.63) is 11.6 Å². The van der Waals surface area contributed by atoms with E-state index in [4.69, 9.17) is 0 Å². The minimum Gasteiger partial charge on any atom is -0.303 e. The Kier molecular flexibility index (Phi) is 5.68. The molecule has 3 nitrogen and oxygen atoms in total. The molecule has 0 unspecified atom stereocenters. The van der Waals surface area contributed by atoms with E-state index in [1.54, 1.807) is 6.08 Å². The number of hydrogen-bond donors (Lipinski definition) is 0. The second-order valence-corrected chi connectivity index (χ2v) is 2.83. The number of carbonyl (C=O) groups excluding carboxylic acids is 3. The highest BCUT2D eigenvalue weighted by Crippen LogP contribution is 2.03. The monoisotopic (exact) mass is 182 g/mol. The second kappa shape index (κ2) is 6.29. The molecule has 0 aromatic heterocycles. The van der Waals surface area contributed by atoms with Crippen molar-refractivity contribution in [2.24, 2.45) is 0 Å². The molecule has 0 N–H and O–H groups in total. The van der Waals surface area contributed by atoms with Crippen molar-refractivity contribution in [1.82, 2.24) is 0 Å². The van der Waals surface area contributed by atoms with Crippen molar-refractivity contribution in [1.29, 1.82) is 0 Å². The first kappa shape index (κ1) is 11.8. The van der Waals surface area contributed by atoms with Crippen LogP contribution in [0.4, 0.5) is 0 Å². The number of ketones is 2. The Bertz CT molecular complexity index is 223. The minimum atomic E-state index is -0.210. The van der Waals surface area contributed by atoms with Crippen LogP contribution in [0.25, 0.3) is 0 Å². The molecule has 72 valence electrons.